The number of carbonyl (C=O) groups excluding carboxylic acids is 3. The van der Waals surface area contributed by atoms with Crippen molar-refractivity contribution in [3.05, 3.63) is 70.7 Å². The summed E-state index contributed by atoms with van der Waals surface area (Å²) in [5.74, 6) is -0.892. The molecule has 0 radical (unpaired) electrons. The third-order valence-corrected chi connectivity index (χ3v) is 4.90. The third kappa shape index (κ3) is 3.95. The van der Waals surface area contributed by atoms with E-state index in [-0.39, 0.29) is 6.54 Å². The highest BCUT2D eigenvalue weighted by Gasteiger charge is 2.50. The number of nitrogens with one attached hydrogen (secondary N) is 2. The first kappa shape index (κ1) is 18.9. The van der Waals surface area contributed by atoms with Gasteiger partial charge in [-0.3, -0.25) is 14.5 Å². The molecule has 140 valence electrons. The summed E-state index contributed by atoms with van der Waals surface area (Å²) in [6.45, 7) is 1.68. The number of rotatable bonds is 6. The second kappa shape index (κ2) is 7.80. The molecule has 2 aromatic carbocycles. The van der Waals surface area contributed by atoms with E-state index in [1.807, 2.05) is 30.3 Å². The minimum atomic E-state index is -1.29. The Morgan fingerprint density at radius 2 is 1.78 bits per heavy atom. The van der Waals surface area contributed by atoms with Crippen molar-refractivity contribution in [2.45, 2.75) is 18.9 Å². The number of hydrogen-bond donors (Lipinski definition) is 2. The van der Waals surface area contributed by atoms with Gasteiger partial charge in [0.2, 0.25) is 5.91 Å². The van der Waals surface area contributed by atoms with Gasteiger partial charge in [-0.2, -0.15) is 0 Å². The van der Waals surface area contributed by atoms with Gasteiger partial charge in [0, 0.05) is 17.1 Å². The molecule has 27 heavy (non-hydrogen) atoms. The van der Waals surface area contributed by atoms with E-state index in [1.165, 1.54) is 0 Å². The van der Waals surface area contributed by atoms with Crippen LogP contribution in [0.2, 0.25) is 5.02 Å². The maximum Gasteiger partial charge on any atom is 0.325 e. The molecule has 6 nitrogen and oxygen atoms in total. The zero-order chi connectivity index (χ0) is 19.4. The Morgan fingerprint density at radius 1 is 1.11 bits per heavy atom. The van der Waals surface area contributed by atoms with E-state index in [0.717, 1.165) is 10.5 Å². The average molecular weight is 386 g/mol. The molecule has 1 fully saturated rings. The van der Waals surface area contributed by atoms with Gasteiger partial charge in [-0.15, -0.1) is 0 Å². The molecule has 1 atom stereocenters. The molecule has 0 unspecified atom stereocenters. The molecule has 1 saturated heterocycles. The number of nitrogens with zero attached hydrogens (tertiary/aromatic N) is 1. The molecule has 2 N–H and O–H groups in total. The van der Waals surface area contributed by atoms with Crippen LogP contribution in [-0.4, -0.2) is 35.8 Å². The number of halogens is 1. The Bertz CT molecular complexity index is 872. The van der Waals surface area contributed by atoms with Crippen LogP contribution in [0.5, 0.6) is 0 Å². The Hall–Kier alpha value is -2.86. The van der Waals surface area contributed by atoms with E-state index in [2.05, 4.69) is 10.6 Å². The summed E-state index contributed by atoms with van der Waals surface area (Å²) in [5.41, 5.74) is 0.302. The molecule has 7 heteroatoms. The number of imide groups is 1. The number of hydrogen-bond acceptors (Lipinski definition) is 3. The van der Waals surface area contributed by atoms with E-state index >= 15 is 0 Å². The number of amides is 4. The summed E-state index contributed by atoms with van der Waals surface area (Å²) in [4.78, 5) is 38.2. The number of benzene rings is 2. The zero-order valence-corrected chi connectivity index (χ0v) is 15.6. The highest BCUT2D eigenvalue weighted by molar-refractivity contribution is 6.32. The Morgan fingerprint density at radius 3 is 2.48 bits per heavy atom. The van der Waals surface area contributed by atoms with Crippen molar-refractivity contribution >= 4 is 29.4 Å². The van der Waals surface area contributed by atoms with Crippen LogP contribution in [-0.2, 0) is 21.5 Å². The SMILES string of the molecule is C[C@]1(c2ccccc2Cl)NC(=O)N(CC(=O)NCCc2ccccc2)C1=O. The highest BCUT2D eigenvalue weighted by atomic mass is 35.5. The van der Waals surface area contributed by atoms with Crippen LogP contribution in [0.1, 0.15) is 18.1 Å². The topological polar surface area (TPSA) is 78.5 Å². The fourth-order valence-electron chi connectivity index (χ4n) is 3.08. The van der Waals surface area contributed by atoms with Crippen LogP contribution < -0.4 is 10.6 Å². The first-order valence-electron chi connectivity index (χ1n) is 8.61. The predicted octanol–water partition coefficient (Wildman–Crippen LogP) is 2.47. The molecule has 4 amide bonds. The summed E-state index contributed by atoms with van der Waals surface area (Å²) in [6, 6.07) is 15.9. The van der Waals surface area contributed by atoms with Crippen molar-refractivity contribution in [2.24, 2.45) is 0 Å². The van der Waals surface area contributed by atoms with Gasteiger partial charge in [0.25, 0.3) is 5.91 Å². The fraction of sp³-hybridized carbons (Fsp3) is 0.250. The van der Waals surface area contributed by atoms with Crippen molar-refractivity contribution in [2.75, 3.05) is 13.1 Å². The molecule has 1 aliphatic heterocycles. The minimum Gasteiger partial charge on any atom is -0.354 e. The van der Waals surface area contributed by atoms with Gasteiger partial charge in [-0.25, -0.2) is 4.79 Å². The molecular weight excluding hydrogens is 366 g/mol. The monoisotopic (exact) mass is 385 g/mol. The molecule has 1 aliphatic rings. The summed E-state index contributed by atoms with van der Waals surface area (Å²) in [7, 11) is 0. The quantitative estimate of drug-likeness (QED) is 0.750. The average Bonchev–Trinajstić information content (AvgIpc) is 2.87. The molecule has 2 aromatic rings. The van der Waals surface area contributed by atoms with Crippen LogP contribution in [0.4, 0.5) is 4.79 Å². The number of carbonyl (C=O) groups is 3. The highest BCUT2D eigenvalue weighted by Crippen LogP contribution is 2.33. The molecule has 0 spiro atoms. The standard InChI is InChI=1S/C20H20ClN3O3/c1-20(15-9-5-6-10-16(15)21)18(26)24(19(27)23-20)13-17(25)22-12-11-14-7-3-2-4-8-14/h2-10H,11-13H2,1H3,(H,22,25)(H,23,27)/t20-/m1/s1. The molecule has 0 aliphatic carbocycles. The molecule has 0 saturated carbocycles. The van der Waals surface area contributed by atoms with Gasteiger partial charge in [0.15, 0.2) is 0 Å². The minimum absolute atomic E-state index is 0.334. The van der Waals surface area contributed by atoms with Crippen LogP contribution in [0.25, 0.3) is 0 Å². The molecule has 3 rings (SSSR count). The Kier molecular flexibility index (Phi) is 5.46. The lowest BCUT2D eigenvalue weighted by Gasteiger charge is -2.23. The normalized spacial score (nSPS) is 19.1. The van der Waals surface area contributed by atoms with E-state index < -0.39 is 23.4 Å². The van der Waals surface area contributed by atoms with Crippen molar-refractivity contribution < 1.29 is 14.4 Å². The van der Waals surface area contributed by atoms with E-state index in [0.29, 0.717) is 23.6 Å². The summed E-state index contributed by atoms with van der Waals surface area (Å²) in [5, 5.41) is 5.76. The van der Waals surface area contributed by atoms with Gasteiger partial charge in [-0.05, 0) is 25.0 Å². The zero-order valence-electron chi connectivity index (χ0n) is 14.9. The van der Waals surface area contributed by atoms with Crippen LogP contribution in [0, 0.1) is 0 Å². The maximum atomic E-state index is 12.8. The third-order valence-electron chi connectivity index (χ3n) is 4.57. The predicted molar refractivity (Wildman–Crippen MR) is 102 cm³/mol. The van der Waals surface area contributed by atoms with Gasteiger partial charge in [0.05, 0.1) is 0 Å². The van der Waals surface area contributed by atoms with Gasteiger partial charge < -0.3 is 10.6 Å². The maximum absolute atomic E-state index is 12.8. The smallest absolute Gasteiger partial charge is 0.325 e. The Labute approximate surface area is 162 Å². The lowest BCUT2D eigenvalue weighted by atomic mass is 9.92. The molecule has 0 bridgehead atoms. The van der Waals surface area contributed by atoms with Gasteiger partial charge in [-0.1, -0.05) is 60.1 Å². The second-order valence-corrected chi connectivity index (χ2v) is 6.92. The lowest BCUT2D eigenvalue weighted by molar-refractivity contribution is -0.134. The van der Waals surface area contributed by atoms with Crippen molar-refractivity contribution in [3.8, 4) is 0 Å². The Balaban J connectivity index is 1.62. The summed E-state index contributed by atoms with van der Waals surface area (Å²) >= 11 is 6.19. The molecule has 1 heterocycles. The van der Waals surface area contributed by atoms with Gasteiger partial charge in [0.1, 0.15) is 12.1 Å². The summed E-state index contributed by atoms with van der Waals surface area (Å²) in [6.07, 6.45) is 0.671. The van der Waals surface area contributed by atoms with Crippen molar-refractivity contribution in [1.29, 1.82) is 0 Å². The van der Waals surface area contributed by atoms with E-state index in [1.54, 1.807) is 31.2 Å². The second-order valence-electron chi connectivity index (χ2n) is 6.51. The van der Waals surface area contributed by atoms with Crippen LogP contribution in [0.15, 0.2) is 54.6 Å². The van der Waals surface area contributed by atoms with E-state index in [9.17, 15) is 14.4 Å². The van der Waals surface area contributed by atoms with Crippen molar-refractivity contribution in [3.63, 3.8) is 0 Å². The number of urea groups is 1. The van der Waals surface area contributed by atoms with Gasteiger partial charge >= 0.3 is 6.03 Å². The lowest BCUT2D eigenvalue weighted by Crippen LogP contribution is -2.43. The largest absolute Gasteiger partial charge is 0.354 e. The first-order valence-corrected chi connectivity index (χ1v) is 8.99. The first-order chi connectivity index (χ1) is 12.9. The fourth-order valence-corrected chi connectivity index (χ4v) is 3.40. The van der Waals surface area contributed by atoms with E-state index in [4.69, 9.17) is 11.6 Å². The summed E-state index contributed by atoms with van der Waals surface area (Å²) < 4.78 is 0. The van der Waals surface area contributed by atoms with Crippen LogP contribution in [0.3, 0.4) is 0 Å². The van der Waals surface area contributed by atoms with Crippen molar-refractivity contribution in [1.82, 2.24) is 15.5 Å². The molecule has 0 aromatic heterocycles. The molecular formula is C20H20ClN3O3. The van der Waals surface area contributed by atoms with Crippen LogP contribution >= 0.6 is 11.6 Å².